The normalized spacial score (nSPS) is 20.7. The molecule has 6 heteroatoms. The lowest BCUT2D eigenvalue weighted by atomic mass is 10.2. The molecule has 5 nitrogen and oxygen atoms in total. The minimum absolute atomic E-state index is 0.0349. The van der Waals surface area contributed by atoms with Gasteiger partial charge in [-0.3, -0.25) is 4.79 Å². The van der Waals surface area contributed by atoms with Gasteiger partial charge in [0.1, 0.15) is 0 Å². The Bertz CT molecular complexity index is 229. The van der Waals surface area contributed by atoms with Gasteiger partial charge >= 0.3 is 12.0 Å². The average Bonchev–Trinajstić information content (AvgIpc) is 2.18. The molecule has 2 amide bonds. The van der Waals surface area contributed by atoms with Crippen molar-refractivity contribution < 1.29 is 14.7 Å². The second-order valence-corrected chi connectivity index (χ2v) is 4.61. The number of nitrogens with one attached hydrogen (secondary N) is 2. The van der Waals surface area contributed by atoms with Crippen molar-refractivity contribution in [3.63, 3.8) is 0 Å². The van der Waals surface area contributed by atoms with Gasteiger partial charge in [-0.05, 0) is 18.6 Å². The van der Waals surface area contributed by atoms with Crippen LogP contribution >= 0.6 is 11.8 Å². The molecular formula is C9H16N2O3S. The van der Waals surface area contributed by atoms with E-state index in [9.17, 15) is 9.59 Å². The Balaban J connectivity index is 2.09. The van der Waals surface area contributed by atoms with Gasteiger partial charge in [0.15, 0.2) is 0 Å². The molecule has 0 spiro atoms. The lowest BCUT2D eigenvalue weighted by molar-refractivity contribution is -0.136. The number of carbonyl (C=O) groups excluding carboxylic acids is 1. The van der Waals surface area contributed by atoms with Gasteiger partial charge in [0.25, 0.3) is 0 Å². The van der Waals surface area contributed by atoms with E-state index in [1.807, 2.05) is 11.8 Å². The van der Waals surface area contributed by atoms with Crippen LogP contribution in [0.15, 0.2) is 0 Å². The molecule has 1 rings (SSSR count). The summed E-state index contributed by atoms with van der Waals surface area (Å²) < 4.78 is 0. The molecule has 1 heterocycles. The summed E-state index contributed by atoms with van der Waals surface area (Å²) in [7, 11) is 0. The molecule has 1 fully saturated rings. The molecule has 1 atom stereocenters. The first-order valence-corrected chi connectivity index (χ1v) is 6.18. The van der Waals surface area contributed by atoms with Crippen LogP contribution in [0.3, 0.4) is 0 Å². The lowest BCUT2D eigenvalue weighted by Crippen LogP contribution is -2.44. The van der Waals surface area contributed by atoms with Gasteiger partial charge in [-0.2, -0.15) is 11.8 Å². The summed E-state index contributed by atoms with van der Waals surface area (Å²) in [4.78, 5) is 21.5. The van der Waals surface area contributed by atoms with Crippen molar-refractivity contribution in [3.8, 4) is 0 Å². The van der Waals surface area contributed by atoms with Gasteiger partial charge in [-0.15, -0.1) is 0 Å². The Morgan fingerprint density at radius 2 is 2.27 bits per heavy atom. The number of carboxylic acids is 1. The van der Waals surface area contributed by atoms with Gasteiger partial charge in [0.2, 0.25) is 0 Å². The van der Waals surface area contributed by atoms with Crippen molar-refractivity contribution in [1.82, 2.24) is 10.6 Å². The number of carboxylic acid groups (broad SMARTS) is 1. The number of hydrogen-bond donors (Lipinski definition) is 3. The lowest BCUT2D eigenvalue weighted by Gasteiger charge is -2.22. The van der Waals surface area contributed by atoms with Crippen molar-refractivity contribution in [2.45, 2.75) is 25.3 Å². The second kappa shape index (κ2) is 6.55. The smallest absolute Gasteiger partial charge is 0.315 e. The standard InChI is InChI=1S/C9H16N2O3S/c12-8(13)3-4-10-9(14)11-7-2-1-5-15-6-7/h7H,1-6H2,(H,12,13)(H2,10,11,14). The van der Waals surface area contributed by atoms with Crippen molar-refractivity contribution in [2.75, 3.05) is 18.1 Å². The van der Waals surface area contributed by atoms with E-state index >= 15 is 0 Å². The Hall–Kier alpha value is -0.910. The van der Waals surface area contributed by atoms with E-state index in [-0.39, 0.29) is 25.0 Å². The molecule has 0 aromatic carbocycles. The molecule has 1 aliphatic rings. The van der Waals surface area contributed by atoms with E-state index in [1.165, 1.54) is 5.75 Å². The van der Waals surface area contributed by atoms with Crippen LogP contribution in [0.5, 0.6) is 0 Å². The molecule has 0 aliphatic carbocycles. The van der Waals surface area contributed by atoms with E-state index < -0.39 is 5.97 Å². The number of rotatable bonds is 4. The molecule has 3 N–H and O–H groups in total. The van der Waals surface area contributed by atoms with Crippen molar-refractivity contribution >= 4 is 23.8 Å². The maximum absolute atomic E-state index is 11.3. The highest BCUT2D eigenvalue weighted by atomic mass is 32.2. The highest BCUT2D eigenvalue weighted by Gasteiger charge is 2.15. The van der Waals surface area contributed by atoms with Crippen molar-refractivity contribution in [1.29, 1.82) is 0 Å². The third-order valence-corrected chi connectivity index (χ3v) is 3.34. The molecular weight excluding hydrogens is 216 g/mol. The zero-order chi connectivity index (χ0) is 11.1. The first-order valence-electron chi connectivity index (χ1n) is 5.02. The quantitative estimate of drug-likeness (QED) is 0.665. The van der Waals surface area contributed by atoms with Crippen LogP contribution in [-0.2, 0) is 4.79 Å². The zero-order valence-electron chi connectivity index (χ0n) is 8.49. The van der Waals surface area contributed by atoms with E-state index in [4.69, 9.17) is 5.11 Å². The largest absolute Gasteiger partial charge is 0.481 e. The minimum Gasteiger partial charge on any atom is -0.481 e. The highest BCUT2D eigenvalue weighted by molar-refractivity contribution is 7.99. The summed E-state index contributed by atoms with van der Waals surface area (Å²) in [5, 5.41) is 13.7. The fourth-order valence-electron chi connectivity index (χ4n) is 1.37. The second-order valence-electron chi connectivity index (χ2n) is 3.46. The zero-order valence-corrected chi connectivity index (χ0v) is 9.31. The summed E-state index contributed by atoms with van der Waals surface area (Å²) >= 11 is 1.84. The third kappa shape index (κ3) is 5.51. The van der Waals surface area contributed by atoms with Crippen molar-refractivity contribution in [3.05, 3.63) is 0 Å². The average molecular weight is 232 g/mol. The fourth-order valence-corrected chi connectivity index (χ4v) is 2.45. The summed E-state index contributed by atoms with van der Waals surface area (Å²) in [5.74, 6) is 1.22. The monoisotopic (exact) mass is 232 g/mol. The first-order chi connectivity index (χ1) is 7.18. The third-order valence-electron chi connectivity index (χ3n) is 2.12. The first kappa shape index (κ1) is 12.2. The van der Waals surface area contributed by atoms with Gasteiger partial charge in [0, 0.05) is 18.3 Å². The number of amides is 2. The Morgan fingerprint density at radius 1 is 1.47 bits per heavy atom. The summed E-state index contributed by atoms with van der Waals surface area (Å²) in [6.07, 6.45) is 2.11. The van der Waals surface area contributed by atoms with Gasteiger partial charge in [-0.25, -0.2) is 4.79 Å². The predicted octanol–water partition coefficient (Wildman–Crippen LogP) is 0.656. The molecule has 0 saturated carbocycles. The SMILES string of the molecule is O=C(O)CCNC(=O)NC1CCCSC1. The molecule has 1 saturated heterocycles. The maximum Gasteiger partial charge on any atom is 0.315 e. The van der Waals surface area contributed by atoms with Crippen LogP contribution in [0.4, 0.5) is 4.79 Å². The van der Waals surface area contributed by atoms with Crippen molar-refractivity contribution in [2.24, 2.45) is 0 Å². The van der Waals surface area contributed by atoms with Gasteiger partial charge in [0.05, 0.1) is 6.42 Å². The highest BCUT2D eigenvalue weighted by Crippen LogP contribution is 2.16. The van der Waals surface area contributed by atoms with E-state index in [0.29, 0.717) is 0 Å². The van der Waals surface area contributed by atoms with Crippen LogP contribution in [0.2, 0.25) is 0 Å². The number of urea groups is 1. The number of aliphatic carboxylic acids is 1. The molecule has 15 heavy (non-hydrogen) atoms. The van der Waals surface area contributed by atoms with Gasteiger partial charge < -0.3 is 15.7 Å². The molecule has 0 radical (unpaired) electrons. The Labute approximate surface area is 93.0 Å². The molecule has 1 unspecified atom stereocenters. The van der Waals surface area contributed by atoms with E-state index in [1.54, 1.807) is 0 Å². The summed E-state index contributed by atoms with van der Waals surface area (Å²) in [6, 6.07) is -0.0303. The van der Waals surface area contributed by atoms with Gasteiger partial charge in [-0.1, -0.05) is 0 Å². The molecule has 1 aliphatic heterocycles. The Morgan fingerprint density at radius 3 is 2.87 bits per heavy atom. The van der Waals surface area contributed by atoms with Crippen LogP contribution in [0, 0.1) is 0 Å². The number of thioether (sulfide) groups is 1. The number of hydrogen-bond acceptors (Lipinski definition) is 3. The predicted molar refractivity (Wildman–Crippen MR) is 59.1 cm³/mol. The molecule has 86 valence electrons. The summed E-state index contributed by atoms with van der Waals surface area (Å²) in [5.41, 5.74) is 0. The van der Waals surface area contributed by atoms with Crippen LogP contribution < -0.4 is 10.6 Å². The van der Waals surface area contributed by atoms with Crippen LogP contribution in [-0.4, -0.2) is 41.2 Å². The van der Waals surface area contributed by atoms with E-state index in [0.717, 1.165) is 18.6 Å². The minimum atomic E-state index is -0.900. The Kier molecular flexibility index (Phi) is 5.31. The topological polar surface area (TPSA) is 78.4 Å². The molecule has 0 aromatic heterocycles. The van der Waals surface area contributed by atoms with Crippen LogP contribution in [0.1, 0.15) is 19.3 Å². The molecule has 0 bridgehead atoms. The summed E-state index contributed by atoms with van der Waals surface area (Å²) in [6.45, 7) is 0.182. The number of carbonyl (C=O) groups is 2. The fraction of sp³-hybridized carbons (Fsp3) is 0.778. The van der Waals surface area contributed by atoms with E-state index in [2.05, 4.69) is 10.6 Å². The maximum atomic E-state index is 11.3. The molecule has 0 aromatic rings. The van der Waals surface area contributed by atoms with Crippen LogP contribution in [0.25, 0.3) is 0 Å².